The van der Waals surface area contributed by atoms with Crippen LogP contribution >= 0.6 is 0 Å². The van der Waals surface area contributed by atoms with Crippen LogP contribution in [0.3, 0.4) is 0 Å². The number of rotatable bonds is 4. The molecule has 0 saturated heterocycles. The van der Waals surface area contributed by atoms with Gasteiger partial charge in [-0.05, 0) is 30.5 Å². The number of pyridine rings is 1. The highest BCUT2D eigenvalue weighted by Crippen LogP contribution is 1.99. The van der Waals surface area contributed by atoms with E-state index in [1.165, 1.54) is 5.56 Å². The zero-order valence-corrected chi connectivity index (χ0v) is 7.31. The Hall–Kier alpha value is -1.58. The van der Waals surface area contributed by atoms with Crippen molar-refractivity contribution in [2.45, 2.75) is 12.8 Å². The SMILES string of the molecule is NC(=O)[N]CCCc1ccncc1. The predicted octanol–water partition coefficient (Wildman–Crippen LogP) is 0.697. The first kappa shape index (κ1) is 9.51. The third kappa shape index (κ3) is 4.10. The van der Waals surface area contributed by atoms with Crippen molar-refractivity contribution < 1.29 is 4.79 Å². The van der Waals surface area contributed by atoms with Gasteiger partial charge in [-0.15, -0.1) is 0 Å². The second-order valence-corrected chi connectivity index (χ2v) is 2.68. The maximum atomic E-state index is 10.3. The number of carbonyl (C=O) groups is 1. The third-order valence-corrected chi connectivity index (χ3v) is 1.64. The van der Waals surface area contributed by atoms with Gasteiger partial charge in [0, 0.05) is 18.9 Å². The molecule has 1 radical (unpaired) electrons. The normalized spacial score (nSPS) is 9.54. The fourth-order valence-corrected chi connectivity index (χ4v) is 1.02. The molecule has 0 aliphatic carbocycles. The molecule has 0 aromatic carbocycles. The molecule has 1 rings (SSSR count). The highest BCUT2D eigenvalue weighted by Gasteiger charge is 1.95. The maximum absolute atomic E-state index is 10.3. The topological polar surface area (TPSA) is 70.1 Å². The molecule has 0 saturated carbocycles. The van der Waals surface area contributed by atoms with E-state index < -0.39 is 6.03 Å². The minimum atomic E-state index is -0.588. The molecule has 0 atom stereocenters. The molecule has 4 nitrogen and oxygen atoms in total. The summed E-state index contributed by atoms with van der Waals surface area (Å²) in [6.45, 7) is 0.498. The Labute approximate surface area is 77.2 Å². The van der Waals surface area contributed by atoms with Crippen LogP contribution in [0.2, 0.25) is 0 Å². The molecule has 0 bridgehead atoms. The van der Waals surface area contributed by atoms with Gasteiger partial charge in [-0.3, -0.25) is 4.98 Å². The summed E-state index contributed by atoms with van der Waals surface area (Å²) in [5.74, 6) is 0. The maximum Gasteiger partial charge on any atom is 0.333 e. The van der Waals surface area contributed by atoms with Gasteiger partial charge in [0.15, 0.2) is 0 Å². The molecule has 0 fully saturated rings. The van der Waals surface area contributed by atoms with Gasteiger partial charge in [-0.1, -0.05) is 0 Å². The number of nitrogens with two attached hydrogens (primary N) is 1. The first-order chi connectivity index (χ1) is 6.29. The first-order valence-electron chi connectivity index (χ1n) is 4.15. The molecule has 0 spiro atoms. The van der Waals surface area contributed by atoms with Crippen LogP contribution in [0.25, 0.3) is 0 Å². The van der Waals surface area contributed by atoms with Crippen LogP contribution in [-0.4, -0.2) is 17.6 Å². The van der Waals surface area contributed by atoms with E-state index in [2.05, 4.69) is 10.3 Å². The van der Waals surface area contributed by atoms with Gasteiger partial charge in [-0.2, -0.15) is 0 Å². The fraction of sp³-hybridized carbons (Fsp3) is 0.333. The smallest absolute Gasteiger partial charge is 0.333 e. The van der Waals surface area contributed by atoms with Gasteiger partial charge >= 0.3 is 6.03 Å². The second kappa shape index (κ2) is 5.13. The van der Waals surface area contributed by atoms with Crippen LogP contribution in [0.15, 0.2) is 24.5 Å². The molecular weight excluding hydrogens is 166 g/mol. The van der Waals surface area contributed by atoms with E-state index in [0.29, 0.717) is 6.54 Å². The summed E-state index contributed by atoms with van der Waals surface area (Å²) in [6.07, 6.45) is 5.24. The van der Waals surface area contributed by atoms with Crippen molar-refractivity contribution in [3.8, 4) is 0 Å². The molecule has 69 valence electrons. The number of aryl methyl sites for hydroxylation is 1. The lowest BCUT2D eigenvalue weighted by atomic mass is 10.1. The number of amides is 2. The molecular formula is C9H12N3O. The zero-order chi connectivity index (χ0) is 9.52. The molecule has 0 aliphatic rings. The summed E-state index contributed by atoms with van der Waals surface area (Å²) in [4.78, 5) is 14.2. The van der Waals surface area contributed by atoms with Crippen molar-refractivity contribution in [1.82, 2.24) is 10.3 Å². The van der Waals surface area contributed by atoms with E-state index in [0.717, 1.165) is 12.8 Å². The first-order valence-corrected chi connectivity index (χ1v) is 4.15. The Morgan fingerprint density at radius 3 is 2.77 bits per heavy atom. The van der Waals surface area contributed by atoms with Crippen molar-refractivity contribution in [2.75, 3.05) is 6.54 Å². The summed E-state index contributed by atoms with van der Waals surface area (Å²) in [5, 5.41) is 3.56. The molecule has 1 aromatic rings. The Kier molecular flexibility index (Phi) is 3.75. The van der Waals surface area contributed by atoms with E-state index >= 15 is 0 Å². The fourth-order valence-electron chi connectivity index (χ4n) is 1.02. The number of aromatic nitrogens is 1. The van der Waals surface area contributed by atoms with Crippen molar-refractivity contribution in [3.05, 3.63) is 30.1 Å². The molecule has 1 aromatic heterocycles. The van der Waals surface area contributed by atoms with Gasteiger partial charge in [0.05, 0.1) is 0 Å². The number of nitrogens with zero attached hydrogens (tertiary/aromatic N) is 2. The molecule has 1 heterocycles. The van der Waals surface area contributed by atoms with Crippen molar-refractivity contribution in [2.24, 2.45) is 5.73 Å². The van der Waals surface area contributed by atoms with Gasteiger partial charge in [-0.25, -0.2) is 10.1 Å². The average molecular weight is 178 g/mol. The largest absolute Gasteiger partial charge is 0.350 e. The highest BCUT2D eigenvalue weighted by atomic mass is 16.2. The summed E-state index contributed by atoms with van der Waals surface area (Å²) >= 11 is 0. The van der Waals surface area contributed by atoms with Crippen molar-refractivity contribution >= 4 is 6.03 Å². The summed E-state index contributed by atoms with van der Waals surface area (Å²) in [6, 6.07) is 3.31. The van der Waals surface area contributed by atoms with Crippen LogP contribution in [0.1, 0.15) is 12.0 Å². The van der Waals surface area contributed by atoms with E-state index in [4.69, 9.17) is 5.73 Å². The van der Waals surface area contributed by atoms with Crippen LogP contribution in [0, 0.1) is 0 Å². The molecule has 0 aliphatic heterocycles. The summed E-state index contributed by atoms with van der Waals surface area (Å²) in [7, 11) is 0. The molecule has 4 heteroatoms. The minimum Gasteiger partial charge on any atom is -0.350 e. The lowest BCUT2D eigenvalue weighted by Gasteiger charge is -1.99. The zero-order valence-electron chi connectivity index (χ0n) is 7.31. The number of carbonyl (C=O) groups excluding carboxylic acids is 1. The van der Waals surface area contributed by atoms with E-state index in [1.807, 2.05) is 12.1 Å². The average Bonchev–Trinajstić information content (AvgIpc) is 2.14. The predicted molar refractivity (Wildman–Crippen MR) is 49.1 cm³/mol. The van der Waals surface area contributed by atoms with Crippen LogP contribution in [-0.2, 0) is 6.42 Å². The Bertz CT molecular complexity index is 261. The van der Waals surface area contributed by atoms with Gasteiger partial charge < -0.3 is 5.73 Å². The van der Waals surface area contributed by atoms with E-state index in [9.17, 15) is 4.79 Å². The van der Waals surface area contributed by atoms with Gasteiger partial charge in [0.1, 0.15) is 0 Å². The third-order valence-electron chi connectivity index (χ3n) is 1.64. The molecule has 2 amide bonds. The number of primary amides is 1. The minimum absolute atomic E-state index is 0.498. The second-order valence-electron chi connectivity index (χ2n) is 2.68. The molecule has 2 N–H and O–H groups in total. The van der Waals surface area contributed by atoms with Crippen LogP contribution < -0.4 is 11.1 Å². The highest BCUT2D eigenvalue weighted by molar-refractivity contribution is 5.71. The Morgan fingerprint density at radius 1 is 1.46 bits per heavy atom. The Balaban J connectivity index is 2.17. The monoisotopic (exact) mass is 178 g/mol. The van der Waals surface area contributed by atoms with E-state index in [1.54, 1.807) is 12.4 Å². The number of urea groups is 1. The lowest BCUT2D eigenvalue weighted by molar-refractivity contribution is 0.248. The number of hydrogen-bond acceptors (Lipinski definition) is 2. The number of hydrogen-bond donors (Lipinski definition) is 1. The van der Waals surface area contributed by atoms with E-state index in [-0.39, 0.29) is 0 Å². The van der Waals surface area contributed by atoms with Gasteiger partial charge in [0.25, 0.3) is 0 Å². The van der Waals surface area contributed by atoms with Crippen molar-refractivity contribution in [1.29, 1.82) is 0 Å². The summed E-state index contributed by atoms with van der Waals surface area (Å²) < 4.78 is 0. The molecule has 0 unspecified atom stereocenters. The van der Waals surface area contributed by atoms with Crippen LogP contribution in [0.5, 0.6) is 0 Å². The lowest BCUT2D eigenvalue weighted by Crippen LogP contribution is -2.23. The van der Waals surface area contributed by atoms with Crippen molar-refractivity contribution in [3.63, 3.8) is 0 Å². The molecule has 13 heavy (non-hydrogen) atoms. The Morgan fingerprint density at radius 2 is 2.15 bits per heavy atom. The van der Waals surface area contributed by atoms with Gasteiger partial charge in [0.2, 0.25) is 0 Å². The quantitative estimate of drug-likeness (QED) is 0.689. The van der Waals surface area contributed by atoms with Crippen LogP contribution in [0.4, 0.5) is 4.79 Å². The summed E-state index contributed by atoms with van der Waals surface area (Å²) in [5.41, 5.74) is 6.06. The standard InChI is InChI=1S/C9H12N3O/c10-9(13)12-5-1-2-8-3-6-11-7-4-8/h3-4,6-7H,1-2,5H2,(H2,10,13).